The topological polar surface area (TPSA) is 57.2 Å². The molecule has 0 saturated heterocycles. The maximum Gasteiger partial charge on any atom is 0.203 e. The Bertz CT molecular complexity index is 839. The molecule has 1 aliphatic rings. The molecule has 0 fully saturated rings. The Hall–Kier alpha value is -2.82. The van der Waals surface area contributed by atoms with Crippen molar-refractivity contribution in [2.24, 2.45) is 0 Å². The lowest BCUT2D eigenvalue weighted by Gasteiger charge is -2.17. The van der Waals surface area contributed by atoms with Gasteiger partial charge in [0.2, 0.25) is 5.75 Å². The Labute approximate surface area is 153 Å². The van der Waals surface area contributed by atoms with Gasteiger partial charge in [-0.2, -0.15) is 0 Å². The molecule has 0 spiro atoms. The lowest BCUT2D eigenvalue weighted by atomic mass is 9.98. The van der Waals surface area contributed by atoms with Crippen LogP contribution >= 0.6 is 0 Å². The van der Waals surface area contributed by atoms with Crippen molar-refractivity contribution in [2.45, 2.75) is 19.3 Å². The van der Waals surface area contributed by atoms with E-state index in [0.717, 1.165) is 41.5 Å². The number of phenols is 1. The molecule has 138 valence electrons. The number of aromatic hydroxyl groups is 1. The van der Waals surface area contributed by atoms with Crippen LogP contribution in [0.15, 0.2) is 24.3 Å². The van der Waals surface area contributed by atoms with Crippen LogP contribution in [0.2, 0.25) is 0 Å². The molecule has 26 heavy (non-hydrogen) atoms. The average molecular weight is 356 g/mol. The number of fused-ring (bicyclic) bond motifs is 1. The third-order valence-corrected chi connectivity index (χ3v) is 4.75. The Morgan fingerprint density at radius 1 is 0.769 bits per heavy atom. The highest BCUT2D eigenvalue weighted by molar-refractivity contribution is 5.87. The predicted molar refractivity (Wildman–Crippen MR) is 102 cm³/mol. The first-order valence-electron chi connectivity index (χ1n) is 8.53. The molecule has 2 aromatic carbocycles. The van der Waals surface area contributed by atoms with Crippen LogP contribution in [-0.4, -0.2) is 33.5 Å². The van der Waals surface area contributed by atoms with Crippen molar-refractivity contribution >= 4 is 11.6 Å². The van der Waals surface area contributed by atoms with E-state index in [1.165, 1.54) is 0 Å². The fourth-order valence-corrected chi connectivity index (χ4v) is 3.48. The molecule has 0 heterocycles. The van der Waals surface area contributed by atoms with E-state index in [9.17, 15) is 5.11 Å². The second kappa shape index (κ2) is 7.60. The minimum absolute atomic E-state index is 0.224. The summed E-state index contributed by atoms with van der Waals surface area (Å²) in [4.78, 5) is 0. The summed E-state index contributed by atoms with van der Waals surface area (Å²) >= 11 is 0. The zero-order valence-electron chi connectivity index (χ0n) is 15.6. The fourth-order valence-electron chi connectivity index (χ4n) is 3.48. The summed E-state index contributed by atoms with van der Waals surface area (Å²) in [5.74, 6) is 2.59. The monoisotopic (exact) mass is 356 g/mol. The van der Waals surface area contributed by atoms with Gasteiger partial charge in [-0.15, -0.1) is 0 Å². The number of rotatable bonds is 5. The molecule has 1 aliphatic carbocycles. The van der Waals surface area contributed by atoms with Crippen LogP contribution in [0.4, 0.5) is 0 Å². The van der Waals surface area contributed by atoms with Crippen molar-refractivity contribution in [3.8, 4) is 28.7 Å². The van der Waals surface area contributed by atoms with Gasteiger partial charge in [-0.05, 0) is 48.6 Å². The van der Waals surface area contributed by atoms with E-state index in [2.05, 4.69) is 6.08 Å². The van der Waals surface area contributed by atoms with Crippen LogP contribution < -0.4 is 18.9 Å². The molecule has 0 bridgehead atoms. The number of hydrogen-bond acceptors (Lipinski definition) is 5. The van der Waals surface area contributed by atoms with E-state index in [1.807, 2.05) is 18.2 Å². The largest absolute Gasteiger partial charge is 0.504 e. The summed E-state index contributed by atoms with van der Waals surface area (Å²) in [6, 6.07) is 7.64. The highest BCUT2D eigenvalue weighted by atomic mass is 16.5. The first-order chi connectivity index (χ1) is 12.6. The molecule has 0 atom stereocenters. The lowest BCUT2D eigenvalue weighted by Crippen LogP contribution is -1.98. The van der Waals surface area contributed by atoms with Gasteiger partial charge in [0.1, 0.15) is 0 Å². The van der Waals surface area contributed by atoms with E-state index in [0.29, 0.717) is 23.0 Å². The van der Waals surface area contributed by atoms with Crippen molar-refractivity contribution in [3.63, 3.8) is 0 Å². The van der Waals surface area contributed by atoms with E-state index in [1.54, 1.807) is 34.5 Å². The summed E-state index contributed by atoms with van der Waals surface area (Å²) in [6.45, 7) is 0. The first kappa shape index (κ1) is 18.0. The summed E-state index contributed by atoms with van der Waals surface area (Å²) in [5, 5.41) is 10.5. The predicted octanol–water partition coefficient (Wildman–Crippen LogP) is 4.30. The van der Waals surface area contributed by atoms with E-state index in [-0.39, 0.29) is 5.75 Å². The molecule has 2 aromatic rings. The second-order valence-electron chi connectivity index (χ2n) is 6.09. The van der Waals surface area contributed by atoms with Crippen LogP contribution in [0, 0.1) is 0 Å². The van der Waals surface area contributed by atoms with Crippen molar-refractivity contribution in [1.29, 1.82) is 0 Å². The highest BCUT2D eigenvalue weighted by Crippen LogP contribution is 2.45. The van der Waals surface area contributed by atoms with Crippen molar-refractivity contribution in [2.75, 3.05) is 28.4 Å². The quantitative estimate of drug-likeness (QED) is 0.865. The van der Waals surface area contributed by atoms with Gasteiger partial charge >= 0.3 is 0 Å². The normalized spacial score (nSPS) is 13.3. The van der Waals surface area contributed by atoms with Gasteiger partial charge in [-0.25, -0.2) is 0 Å². The number of hydrogen-bond donors (Lipinski definition) is 1. The maximum atomic E-state index is 10.5. The van der Waals surface area contributed by atoms with E-state index in [4.69, 9.17) is 18.9 Å². The number of methoxy groups -OCH3 is 4. The van der Waals surface area contributed by atoms with Gasteiger partial charge in [0.15, 0.2) is 23.0 Å². The average Bonchev–Trinajstić information content (AvgIpc) is 2.89. The van der Waals surface area contributed by atoms with Gasteiger partial charge in [-0.1, -0.05) is 12.1 Å². The van der Waals surface area contributed by atoms with E-state index < -0.39 is 0 Å². The standard InChI is InChI=1S/C21H24O5/c1-23-17-10-8-14-12-13(6-5-7-15(14)19(17)22)16-9-11-18(24-2)21(26-4)20(16)25-3/h8-12,22H,5-7H2,1-4H3. The molecule has 5 heteroatoms. The summed E-state index contributed by atoms with van der Waals surface area (Å²) in [7, 11) is 6.40. The summed E-state index contributed by atoms with van der Waals surface area (Å²) < 4.78 is 21.7. The molecular weight excluding hydrogens is 332 g/mol. The Balaban J connectivity index is 2.14. The van der Waals surface area contributed by atoms with Gasteiger partial charge in [0.25, 0.3) is 0 Å². The van der Waals surface area contributed by atoms with Gasteiger partial charge in [0.05, 0.1) is 28.4 Å². The summed E-state index contributed by atoms with van der Waals surface area (Å²) in [6.07, 6.45) is 4.67. The Morgan fingerprint density at radius 2 is 1.46 bits per heavy atom. The third kappa shape index (κ3) is 3.05. The van der Waals surface area contributed by atoms with Crippen molar-refractivity contribution in [1.82, 2.24) is 0 Å². The number of benzene rings is 2. The first-order valence-corrected chi connectivity index (χ1v) is 8.53. The molecule has 0 amide bonds. The van der Waals surface area contributed by atoms with Crippen molar-refractivity contribution < 1.29 is 24.1 Å². The van der Waals surface area contributed by atoms with Crippen LogP contribution in [0.25, 0.3) is 11.6 Å². The van der Waals surface area contributed by atoms with E-state index >= 15 is 0 Å². The number of allylic oxidation sites excluding steroid dienone is 1. The fraction of sp³-hybridized carbons (Fsp3) is 0.333. The molecule has 0 aromatic heterocycles. The highest BCUT2D eigenvalue weighted by Gasteiger charge is 2.21. The minimum atomic E-state index is 0.224. The second-order valence-corrected chi connectivity index (χ2v) is 6.09. The number of phenolic OH excluding ortho intramolecular Hbond substituents is 1. The molecule has 1 N–H and O–H groups in total. The molecular formula is C21H24O5. The number of ether oxygens (including phenoxy) is 4. The Morgan fingerprint density at radius 3 is 2.12 bits per heavy atom. The molecule has 0 radical (unpaired) electrons. The van der Waals surface area contributed by atoms with Crippen LogP contribution in [0.1, 0.15) is 29.5 Å². The van der Waals surface area contributed by atoms with Crippen LogP contribution in [-0.2, 0) is 6.42 Å². The summed E-state index contributed by atoms with van der Waals surface area (Å²) in [5.41, 5.74) is 4.01. The third-order valence-electron chi connectivity index (χ3n) is 4.75. The molecule has 5 nitrogen and oxygen atoms in total. The molecule has 0 aliphatic heterocycles. The zero-order valence-corrected chi connectivity index (χ0v) is 15.6. The molecule has 0 saturated carbocycles. The zero-order chi connectivity index (χ0) is 18.7. The Kier molecular flexibility index (Phi) is 5.26. The lowest BCUT2D eigenvalue weighted by molar-refractivity contribution is 0.324. The van der Waals surface area contributed by atoms with Gasteiger partial charge in [-0.3, -0.25) is 0 Å². The molecule has 3 rings (SSSR count). The van der Waals surface area contributed by atoms with Gasteiger partial charge < -0.3 is 24.1 Å². The van der Waals surface area contributed by atoms with Crippen molar-refractivity contribution in [3.05, 3.63) is 41.0 Å². The van der Waals surface area contributed by atoms with Gasteiger partial charge in [0, 0.05) is 11.1 Å². The SMILES string of the molecule is COc1ccc2c(c1O)CCCC(c1ccc(OC)c(OC)c1OC)=C2. The minimum Gasteiger partial charge on any atom is -0.504 e. The maximum absolute atomic E-state index is 10.5. The molecule has 0 unspecified atom stereocenters. The van der Waals surface area contributed by atoms with Crippen LogP contribution in [0.5, 0.6) is 28.7 Å². The smallest absolute Gasteiger partial charge is 0.203 e. The van der Waals surface area contributed by atoms with Crippen LogP contribution in [0.3, 0.4) is 0 Å².